The van der Waals surface area contributed by atoms with Gasteiger partial charge in [-0.2, -0.15) is 4.98 Å². The number of rotatable bonds is 5. The number of nitrogens with zero attached hydrogens (tertiary/aromatic N) is 4. The van der Waals surface area contributed by atoms with Gasteiger partial charge in [0.25, 0.3) is 5.91 Å². The van der Waals surface area contributed by atoms with E-state index in [4.69, 9.17) is 14.4 Å². The third-order valence-corrected chi connectivity index (χ3v) is 5.11. The lowest BCUT2D eigenvalue weighted by atomic mass is 10.1. The molecule has 2 aliphatic heterocycles. The van der Waals surface area contributed by atoms with Gasteiger partial charge in [0.05, 0.1) is 12.1 Å². The Bertz CT molecular complexity index is 836. The number of carboxylic acid groups (broad SMARTS) is 1. The fourth-order valence-corrected chi connectivity index (χ4v) is 3.49. The Morgan fingerprint density at radius 3 is 2.54 bits per heavy atom. The normalized spacial score (nSPS) is 20.4. The average molecular weight is 386 g/mol. The van der Waals surface area contributed by atoms with Gasteiger partial charge in [-0.3, -0.25) is 9.69 Å². The van der Waals surface area contributed by atoms with E-state index in [9.17, 15) is 9.59 Å². The van der Waals surface area contributed by atoms with Gasteiger partial charge < -0.3 is 19.3 Å². The largest absolute Gasteiger partial charge is 0.478 e. The first-order valence-electron chi connectivity index (χ1n) is 9.39. The topological polar surface area (TPSA) is 109 Å². The molecule has 2 aromatic rings. The van der Waals surface area contributed by atoms with E-state index < -0.39 is 5.97 Å². The van der Waals surface area contributed by atoms with E-state index in [1.165, 1.54) is 12.1 Å². The Kier molecular flexibility index (Phi) is 5.36. The van der Waals surface area contributed by atoms with Crippen molar-refractivity contribution in [3.8, 4) is 11.4 Å². The number of hydrogen-bond donors (Lipinski definition) is 1. The molecule has 4 rings (SSSR count). The summed E-state index contributed by atoms with van der Waals surface area (Å²) < 4.78 is 10.8. The summed E-state index contributed by atoms with van der Waals surface area (Å²) in [5.41, 5.74) is 0.912. The van der Waals surface area contributed by atoms with E-state index in [2.05, 4.69) is 15.0 Å². The number of aromatic carboxylic acids is 1. The molecule has 0 spiro atoms. The molecule has 2 aliphatic rings. The van der Waals surface area contributed by atoms with Gasteiger partial charge in [-0.25, -0.2) is 4.79 Å². The van der Waals surface area contributed by atoms with E-state index in [1.54, 1.807) is 12.1 Å². The Labute approximate surface area is 161 Å². The summed E-state index contributed by atoms with van der Waals surface area (Å²) in [5.74, 6) is 0.0508. The maximum absolute atomic E-state index is 12.4. The molecular weight excluding hydrogens is 364 g/mol. The van der Waals surface area contributed by atoms with E-state index in [-0.39, 0.29) is 17.6 Å². The number of carbonyl (C=O) groups excluding carboxylic acids is 1. The second-order valence-electron chi connectivity index (χ2n) is 7.00. The number of aromatic nitrogens is 2. The molecule has 28 heavy (non-hydrogen) atoms. The number of carboxylic acids is 1. The van der Waals surface area contributed by atoms with Gasteiger partial charge in [0, 0.05) is 38.3 Å². The second kappa shape index (κ2) is 8.07. The van der Waals surface area contributed by atoms with Crippen LogP contribution >= 0.6 is 0 Å². The SMILES string of the molecule is O=C(O)c1ccc(-c2noc(CN3CCN(C(=O)[C@H]4CCCO4)CC3)n2)cc1. The third-order valence-electron chi connectivity index (χ3n) is 5.11. The number of carbonyl (C=O) groups is 2. The third kappa shape index (κ3) is 4.05. The quantitative estimate of drug-likeness (QED) is 0.818. The molecular formula is C19H22N4O5. The molecule has 0 bridgehead atoms. The van der Waals surface area contributed by atoms with Crippen molar-refractivity contribution in [2.24, 2.45) is 0 Å². The molecule has 9 heteroatoms. The first kappa shape index (κ1) is 18.6. The number of amides is 1. The molecule has 3 heterocycles. The van der Waals surface area contributed by atoms with Crippen LogP contribution in [-0.4, -0.2) is 75.8 Å². The minimum Gasteiger partial charge on any atom is -0.478 e. The number of ether oxygens (including phenoxy) is 1. The van der Waals surface area contributed by atoms with Crippen LogP contribution in [0, 0.1) is 0 Å². The van der Waals surface area contributed by atoms with Crippen molar-refractivity contribution >= 4 is 11.9 Å². The fraction of sp³-hybridized carbons (Fsp3) is 0.474. The fourth-order valence-electron chi connectivity index (χ4n) is 3.49. The van der Waals surface area contributed by atoms with Crippen LogP contribution < -0.4 is 0 Å². The van der Waals surface area contributed by atoms with Gasteiger partial charge in [0.1, 0.15) is 6.10 Å². The molecule has 2 fully saturated rings. The summed E-state index contributed by atoms with van der Waals surface area (Å²) in [5, 5.41) is 12.9. The van der Waals surface area contributed by atoms with Crippen molar-refractivity contribution in [2.45, 2.75) is 25.5 Å². The van der Waals surface area contributed by atoms with Gasteiger partial charge in [-0.1, -0.05) is 17.3 Å². The Hall–Kier alpha value is -2.78. The van der Waals surface area contributed by atoms with Crippen molar-refractivity contribution in [3.63, 3.8) is 0 Å². The highest BCUT2D eigenvalue weighted by atomic mass is 16.5. The number of piperazine rings is 1. The smallest absolute Gasteiger partial charge is 0.335 e. The van der Waals surface area contributed by atoms with Crippen molar-refractivity contribution in [2.75, 3.05) is 32.8 Å². The summed E-state index contributed by atoms with van der Waals surface area (Å²) in [7, 11) is 0. The Morgan fingerprint density at radius 1 is 1.14 bits per heavy atom. The molecule has 1 aromatic carbocycles. The lowest BCUT2D eigenvalue weighted by molar-refractivity contribution is -0.142. The standard InChI is InChI=1S/C19H22N4O5/c24-18(15-2-1-11-27-15)23-9-7-22(8-10-23)12-16-20-17(21-28-16)13-3-5-14(6-4-13)19(25)26/h3-6,15H,1-2,7-12H2,(H,25,26)/t15-/m1/s1. The second-order valence-corrected chi connectivity index (χ2v) is 7.00. The highest BCUT2D eigenvalue weighted by molar-refractivity contribution is 5.88. The predicted octanol–water partition coefficient (Wildman–Crippen LogP) is 1.26. The van der Waals surface area contributed by atoms with Gasteiger partial charge in [-0.15, -0.1) is 0 Å². The molecule has 0 radical (unpaired) electrons. The summed E-state index contributed by atoms with van der Waals surface area (Å²) in [6.07, 6.45) is 1.50. The van der Waals surface area contributed by atoms with E-state index in [0.717, 1.165) is 25.9 Å². The maximum Gasteiger partial charge on any atom is 0.335 e. The van der Waals surface area contributed by atoms with Gasteiger partial charge >= 0.3 is 5.97 Å². The van der Waals surface area contributed by atoms with E-state index in [0.29, 0.717) is 43.5 Å². The Morgan fingerprint density at radius 2 is 1.89 bits per heavy atom. The zero-order valence-electron chi connectivity index (χ0n) is 15.4. The summed E-state index contributed by atoms with van der Waals surface area (Å²) in [6, 6.07) is 6.34. The molecule has 0 unspecified atom stereocenters. The maximum atomic E-state index is 12.4. The van der Waals surface area contributed by atoms with Crippen molar-refractivity contribution in [3.05, 3.63) is 35.7 Å². The molecule has 0 aliphatic carbocycles. The highest BCUT2D eigenvalue weighted by Gasteiger charge is 2.30. The number of benzene rings is 1. The zero-order chi connectivity index (χ0) is 19.5. The summed E-state index contributed by atoms with van der Waals surface area (Å²) >= 11 is 0. The molecule has 1 aromatic heterocycles. The van der Waals surface area contributed by atoms with Crippen LogP contribution in [0.25, 0.3) is 11.4 Å². The molecule has 148 valence electrons. The summed E-state index contributed by atoms with van der Waals surface area (Å²) in [4.78, 5) is 31.8. The zero-order valence-corrected chi connectivity index (χ0v) is 15.4. The van der Waals surface area contributed by atoms with Gasteiger partial charge in [0.2, 0.25) is 11.7 Å². The molecule has 1 amide bonds. The minimum absolute atomic E-state index is 0.0991. The lowest BCUT2D eigenvalue weighted by Crippen LogP contribution is -2.51. The van der Waals surface area contributed by atoms with E-state index in [1.807, 2.05) is 4.90 Å². The van der Waals surface area contributed by atoms with Crippen LogP contribution in [0.15, 0.2) is 28.8 Å². The Balaban J connectivity index is 1.31. The van der Waals surface area contributed by atoms with Gasteiger partial charge in [0.15, 0.2) is 0 Å². The molecule has 2 saturated heterocycles. The summed E-state index contributed by atoms with van der Waals surface area (Å²) in [6.45, 7) is 4.00. The minimum atomic E-state index is -0.975. The van der Waals surface area contributed by atoms with Crippen LogP contribution in [0.1, 0.15) is 29.1 Å². The number of hydrogen-bond acceptors (Lipinski definition) is 7. The monoisotopic (exact) mass is 386 g/mol. The van der Waals surface area contributed by atoms with Crippen LogP contribution in [0.3, 0.4) is 0 Å². The van der Waals surface area contributed by atoms with E-state index >= 15 is 0 Å². The molecule has 0 saturated carbocycles. The van der Waals surface area contributed by atoms with Crippen molar-refractivity contribution in [1.29, 1.82) is 0 Å². The van der Waals surface area contributed by atoms with Crippen LogP contribution in [0.2, 0.25) is 0 Å². The van der Waals surface area contributed by atoms with Crippen LogP contribution in [-0.2, 0) is 16.1 Å². The van der Waals surface area contributed by atoms with Crippen molar-refractivity contribution in [1.82, 2.24) is 19.9 Å². The molecule has 1 N–H and O–H groups in total. The first-order valence-corrected chi connectivity index (χ1v) is 9.39. The van der Waals surface area contributed by atoms with Crippen LogP contribution in [0.4, 0.5) is 0 Å². The highest BCUT2D eigenvalue weighted by Crippen LogP contribution is 2.19. The van der Waals surface area contributed by atoms with Gasteiger partial charge in [-0.05, 0) is 25.0 Å². The average Bonchev–Trinajstić information content (AvgIpc) is 3.40. The molecule has 1 atom stereocenters. The first-order chi connectivity index (χ1) is 13.6. The predicted molar refractivity (Wildman–Crippen MR) is 97.5 cm³/mol. The lowest BCUT2D eigenvalue weighted by Gasteiger charge is -2.35. The van der Waals surface area contributed by atoms with Crippen molar-refractivity contribution < 1.29 is 24.0 Å². The van der Waals surface area contributed by atoms with Crippen LogP contribution in [0.5, 0.6) is 0 Å². The molecule has 9 nitrogen and oxygen atoms in total.